The Kier molecular flexibility index (Phi) is 8.60. The molecule has 31 heavy (non-hydrogen) atoms. The van der Waals surface area contributed by atoms with Gasteiger partial charge in [-0.05, 0) is 45.4 Å². The van der Waals surface area contributed by atoms with Crippen molar-refractivity contribution in [2.24, 2.45) is 22.2 Å². The Labute approximate surface area is 181 Å². The molecule has 0 radical (unpaired) electrons. The van der Waals surface area contributed by atoms with Crippen molar-refractivity contribution in [1.29, 1.82) is 0 Å². The third-order valence-corrected chi connectivity index (χ3v) is 5.62. The summed E-state index contributed by atoms with van der Waals surface area (Å²) in [6, 6.07) is -3.28. The molecule has 0 saturated carbocycles. The number of guanidine groups is 1. The molecule has 2 heterocycles. The lowest BCUT2D eigenvalue weighted by atomic mass is 10.1. The number of aliphatic imine (C=N–C) groups is 1. The van der Waals surface area contributed by atoms with Gasteiger partial charge < -0.3 is 37.4 Å². The first-order valence-corrected chi connectivity index (χ1v) is 10.6. The number of rotatable bonds is 9. The summed E-state index contributed by atoms with van der Waals surface area (Å²) in [5.41, 5.74) is 16.3. The Morgan fingerprint density at radius 1 is 1.10 bits per heavy atom. The highest BCUT2D eigenvalue weighted by atomic mass is 16.4. The fraction of sp³-hybridized carbons (Fsp3) is 0.737. The summed E-state index contributed by atoms with van der Waals surface area (Å²) in [6.07, 6.45) is 2.80. The van der Waals surface area contributed by atoms with Gasteiger partial charge in [-0.1, -0.05) is 0 Å². The molecule has 2 rings (SSSR count). The molecule has 2 aliphatic rings. The summed E-state index contributed by atoms with van der Waals surface area (Å²) in [7, 11) is 0. The van der Waals surface area contributed by atoms with Crippen molar-refractivity contribution in [3.05, 3.63) is 0 Å². The van der Waals surface area contributed by atoms with E-state index in [9.17, 15) is 24.3 Å². The van der Waals surface area contributed by atoms with Gasteiger partial charge in [0.25, 0.3) is 0 Å². The summed E-state index contributed by atoms with van der Waals surface area (Å²) in [6.45, 7) is 2.52. The van der Waals surface area contributed by atoms with Gasteiger partial charge >= 0.3 is 5.97 Å². The first-order chi connectivity index (χ1) is 14.6. The van der Waals surface area contributed by atoms with Crippen LogP contribution in [-0.4, -0.2) is 88.4 Å². The lowest BCUT2D eigenvalue weighted by Crippen LogP contribution is -2.56. The van der Waals surface area contributed by atoms with Crippen molar-refractivity contribution >= 4 is 29.7 Å². The molecule has 0 aromatic rings. The number of hydrogen-bond donors (Lipinski definition) is 5. The van der Waals surface area contributed by atoms with Gasteiger partial charge in [-0.25, -0.2) is 4.79 Å². The maximum atomic E-state index is 13.3. The molecular weight excluding hydrogens is 406 g/mol. The zero-order valence-electron chi connectivity index (χ0n) is 17.8. The van der Waals surface area contributed by atoms with E-state index in [4.69, 9.17) is 17.2 Å². The number of amides is 3. The molecule has 12 heteroatoms. The maximum absolute atomic E-state index is 13.3. The third kappa shape index (κ3) is 6.29. The van der Waals surface area contributed by atoms with Crippen molar-refractivity contribution in [3.8, 4) is 0 Å². The second kappa shape index (κ2) is 10.9. The van der Waals surface area contributed by atoms with Crippen LogP contribution in [0.2, 0.25) is 0 Å². The lowest BCUT2D eigenvalue weighted by molar-refractivity contribution is -0.152. The van der Waals surface area contributed by atoms with Crippen LogP contribution >= 0.6 is 0 Å². The highest BCUT2D eigenvalue weighted by Crippen LogP contribution is 2.26. The van der Waals surface area contributed by atoms with Crippen LogP contribution in [0.25, 0.3) is 0 Å². The summed E-state index contributed by atoms with van der Waals surface area (Å²) in [4.78, 5) is 56.7. The van der Waals surface area contributed by atoms with Gasteiger partial charge in [0.05, 0.1) is 6.04 Å². The van der Waals surface area contributed by atoms with Crippen molar-refractivity contribution in [2.45, 2.75) is 69.6 Å². The number of nitrogens with two attached hydrogens (primary N) is 3. The lowest BCUT2D eigenvalue weighted by Gasteiger charge is -2.32. The number of nitrogens with zero attached hydrogens (tertiary/aromatic N) is 3. The summed E-state index contributed by atoms with van der Waals surface area (Å²) < 4.78 is 0. The Balaban J connectivity index is 2.13. The number of hydrogen-bond acceptors (Lipinski definition) is 6. The quantitative estimate of drug-likeness (QED) is 0.153. The smallest absolute Gasteiger partial charge is 0.326 e. The first-order valence-electron chi connectivity index (χ1n) is 10.6. The van der Waals surface area contributed by atoms with E-state index in [0.29, 0.717) is 45.2 Å². The molecule has 2 fully saturated rings. The SMILES string of the molecule is CC(N)C(=O)NC(CCCN=C(N)N)C(=O)N1CCCC1C(=O)N1CCCC1C(=O)O. The molecule has 0 aromatic heterocycles. The van der Waals surface area contributed by atoms with Gasteiger partial charge in [-0.3, -0.25) is 19.4 Å². The van der Waals surface area contributed by atoms with E-state index in [1.54, 1.807) is 0 Å². The average Bonchev–Trinajstić information content (AvgIpc) is 3.38. The van der Waals surface area contributed by atoms with E-state index in [1.807, 2.05) is 0 Å². The van der Waals surface area contributed by atoms with Crippen LogP contribution in [0.3, 0.4) is 0 Å². The molecule has 0 spiro atoms. The molecule has 2 aliphatic heterocycles. The van der Waals surface area contributed by atoms with E-state index in [1.165, 1.54) is 16.7 Å². The zero-order chi connectivity index (χ0) is 23.1. The fourth-order valence-corrected chi connectivity index (χ4v) is 4.03. The Morgan fingerprint density at radius 2 is 1.71 bits per heavy atom. The van der Waals surface area contributed by atoms with Crippen LogP contribution in [0.5, 0.6) is 0 Å². The summed E-state index contributed by atoms with van der Waals surface area (Å²) in [5, 5.41) is 12.0. The van der Waals surface area contributed by atoms with Crippen LogP contribution in [0.4, 0.5) is 0 Å². The van der Waals surface area contributed by atoms with Crippen molar-refractivity contribution in [1.82, 2.24) is 15.1 Å². The van der Waals surface area contributed by atoms with E-state index in [0.717, 1.165) is 0 Å². The molecule has 4 unspecified atom stereocenters. The largest absolute Gasteiger partial charge is 0.480 e. The van der Waals surface area contributed by atoms with Gasteiger partial charge in [0.2, 0.25) is 17.7 Å². The number of nitrogens with one attached hydrogen (secondary N) is 1. The second-order valence-electron chi connectivity index (χ2n) is 8.02. The average molecular weight is 440 g/mol. The monoisotopic (exact) mass is 439 g/mol. The Bertz CT molecular complexity index is 722. The van der Waals surface area contributed by atoms with Crippen molar-refractivity contribution in [2.75, 3.05) is 19.6 Å². The standard InChI is InChI=1S/C19H33N7O5/c1-11(20)15(27)24-12(5-2-8-23-19(21)22)16(28)25-9-3-6-13(25)17(29)26-10-4-7-14(26)18(30)31/h11-14H,2-10,20H2,1H3,(H,24,27)(H,30,31)(H4,21,22,23). The van der Waals surface area contributed by atoms with E-state index in [-0.39, 0.29) is 30.7 Å². The number of carboxylic acid groups (broad SMARTS) is 1. The molecule has 0 aliphatic carbocycles. The topological polar surface area (TPSA) is 197 Å². The molecule has 8 N–H and O–H groups in total. The van der Waals surface area contributed by atoms with E-state index >= 15 is 0 Å². The third-order valence-electron chi connectivity index (χ3n) is 5.62. The Morgan fingerprint density at radius 3 is 2.29 bits per heavy atom. The second-order valence-corrected chi connectivity index (χ2v) is 8.02. The molecule has 12 nitrogen and oxygen atoms in total. The van der Waals surface area contributed by atoms with Crippen molar-refractivity contribution in [3.63, 3.8) is 0 Å². The van der Waals surface area contributed by atoms with Crippen LogP contribution < -0.4 is 22.5 Å². The Hall–Kier alpha value is -2.89. The summed E-state index contributed by atoms with van der Waals surface area (Å²) in [5.74, 6) is -2.32. The van der Waals surface area contributed by atoms with Gasteiger partial charge in [0, 0.05) is 19.6 Å². The van der Waals surface area contributed by atoms with Crippen LogP contribution in [0.1, 0.15) is 45.4 Å². The van der Waals surface area contributed by atoms with Gasteiger partial charge in [0.15, 0.2) is 5.96 Å². The summed E-state index contributed by atoms with van der Waals surface area (Å²) >= 11 is 0. The molecule has 0 aromatic carbocycles. The molecule has 2 saturated heterocycles. The minimum absolute atomic E-state index is 0.0636. The number of carbonyl (C=O) groups excluding carboxylic acids is 3. The number of carbonyl (C=O) groups is 4. The fourth-order valence-electron chi connectivity index (χ4n) is 4.03. The van der Waals surface area contributed by atoms with Crippen molar-refractivity contribution < 1.29 is 24.3 Å². The van der Waals surface area contributed by atoms with Gasteiger partial charge in [-0.15, -0.1) is 0 Å². The molecule has 0 bridgehead atoms. The molecule has 3 amide bonds. The first kappa shape index (κ1) is 24.4. The van der Waals surface area contributed by atoms with Gasteiger partial charge in [-0.2, -0.15) is 0 Å². The normalized spacial score (nSPS) is 22.6. The zero-order valence-corrected chi connectivity index (χ0v) is 17.8. The number of aliphatic carboxylic acids is 1. The van der Waals surface area contributed by atoms with E-state index in [2.05, 4.69) is 10.3 Å². The minimum Gasteiger partial charge on any atom is -0.480 e. The minimum atomic E-state index is -1.04. The highest BCUT2D eigenvalue weighted by Gasteiger charge is 2.43. The van der Waals surface area contributed by atoms with Crippen LogP contribution in [0.15, 0.2) is 4.99 Å². The van der Waals surface area contributed by atoms with Crippen LogP contribution in [0, 0.1) is 0 Å². The van der Waals surface area contributed by atoms with E-state index < -0.39 is 36.0 Å². The number of likely N-dealkylation sites (tertiary alicyclic amines) is 2. The molecular formula is C19H33N7O5. The maximum Gasteiger partial charge on any atom is 0.326 e. The van der Waals surface area contributed by atoms with Crippen LogP contribution in [-0.2, 0) is 19.2 Å². The predicted molar refractivity (Wildman–Crippen MR) is 113 cm³/mol. The predicted octanol–water partition coefficient (Wildman–Crippen LogP) is -2.06. The number of carboxylic acids is 1. The molecule has 174 valence electrons. The van der Waals surface area contributed by atoms with Gasteiger partial charge in [0.1, 0.15) is 18.1 Å². The highest BCUT2D eigenvalue weighted by molar-refractivity contribution is 5.94. The molecule has 4 atom stereocenters.